The van der Waals surface area contributed by atoms with Crippen molar-refractivity contribution < 1.29 is 9.13 Å². The number of fused-ring (bicyclic) bond motifs is 1. The highest BCUT2D eigenvalue weighted by Gasteiger charge is 2.17. The number of nitrogens with one attached hydrogen (secondary N) is 2. The van der Waals surface area contributed by atoms with E-state index < -0.39 is 0 Å². The zero-order valence-corrected chi connectivity index (χ0v) is 16.5. The van der Waals surface area contributed by atoms with Crippen molar-refractivity contribution >= 4 is 22.6 Å². The second-order valence-electron chi connectivity index (χ2n) is 6.91. The van der Waals surface area contributed by atoms with Gasteiger partial charge < -0.3 is 15.4 Å². The Morgan fingerprint density at radius 1 is 1.14 bits per heavy atom. The third kappa shape index (κ3) is 3.89. The first-order chi connectivity index (χ1) is 14.0. The summed E-state index contributed by atoms with van der Waals surface area (Å²) in [5.41, 5.74) is 3.56. The number of aromatic nitrogens is 2. The van der Waals surface area contributed by atoms with Gasteiger partial charge in [-0.2, -0.15) is 0 Å². The lowest BCUT2D eigenvalue weighted by Crippen LogP contribution is -2.38. The smallest absolute Gasteiger partial charge is 0.145 e. The van der Waals surface area contributed by atoms with Crippen LogP contribution in [0.4, 0.5) is 10.2 Å². The Labute approximate surface area is 168 Å². The SMILES string of the molecule is COc1cc(-c2ccc(F)cc2)cc2c(NC(C)C3=NCC=C(C)N3)ncnc12. The minimum atomic E-state index is -0.272. The zero-order valence-electron chi connectivity index (χ0n) is 16.5. The molecule has 0 fully saturated rings. The van der Waals surface area contributed by atoms with Gasteiger partial charge in [-0.15, -0.1) is 0 Å². The molecule has 4 rings (SSSR count). The van der Waals surface area contributed by atoms with Crippen LogP contribution in [-0.4, -0.2) is 35.5 Å². The summed E-state index contributed by atoms with van der Waals surface area (Å²) in [5, 5.41) is 7.54. The van der Waals surface area contributed by atoms with Gasteiger partial charge in [0.1, 0.15) is 35.1 Å². The lowest BCUT2D eigenvalue weighted by atomic mass is 10.0. The van der Waals surface area contributed by atoms with Gasteiger partial charge in [-0.3, -0.25) is 4.99 Å². The third-order valence-electron chi connectivity index (χ3n) is 4.85. The molecule has 0 saturated heterocycles. The van der Waals surface area contributed by atoms with Gasteiger partial charge in [0.15, 0.2) is 0 Å². The lowest BCUT2D eigenvalue weighted by molar-refractivity contribution is 0.419. The molecule has 0 radical (unpaired) electrons. The van der Waals surface area contributed by atoms with Crippen molar-refractivity contribution in [2.24, 2.45) is 4.99 Å². The van der Waals surface area contributed by atoms with Crippen LogP contribution in [0.1, 0.15) is 13.8 Å². The average Bonchev–Trinajstić information content (AvgIpc) is 2.74. The maximum Gasteiger partial charge on any atom is 0.145 e. The molecule has 1 aromatic heterocycles. The Bertz CT molecular complexity index is 1110. The standard InChI is InChI=1S/C22H22FN5O/c1-13-8-9-24-21(27-13)14(2)28-22-18-10-16(15-4-6-17(23)7-5-15)11-19(29-3)20(18)25-12-26-22/h4-8,10-12,14H,9H2,1-3H3,(H,24,27)(H,25,26,28). The van der Waals surface area contributed by atoms with Gasteiger partial charge in [0, 0.05) is 11.1 Å². The molecule has 2 N–H and O–H groups in total. The monoisotopic (exact) mass is 391 g/mol. The van der Waals surface area contributed by atoms with Crippen LogP contribution in [0.3, 0.4) is 0 Å². The number of halogens is 1. The number of hydrogen-bond donors (Lipinski definition) is 2. The van der Waals surface area contributed by atoms with Crippen LogP contribution < -0.4 is 15.4 Å². The fourth-order valence-electron chi connectivity index (χ4n) is 3.31. The van der Waals surface area contributed by atoms with Crippen LogP contribution in [0.25, 0.3) is 22.0 Å². The van der Waals surface area contributed by atoms with E-state index in [0.717, 1.165) is 28.0 Å². The normalized spacial score (nSPS) is 14.6. The molecule has 29 heavy (non-hydrogen) atoms. The molecule has 0 amide bonds. The Morgan fingerprint density at radius 3 is 2.66 bits per heavy atom. The van der Waals surface area contributed by atoms with Crippen LogP contribution in [0.15, 0.2) is 59.5 Å². The number of nitrogens with zero attached hydrogens (tertiary/aromatic N) is 3. The van der Waals surface area contributed by atoms with Gasteiger partial charge in [0.2, 0.25) is 0 Å². The second kappa shape index (κ2) is 7.87. The molecule has 3 aromatic rings. The lowest BCUT2D eigenvalue weighted by Gasteiger charge is -2.22. The average molecular weight is 391 g/mol. The molecule has 1 atom stereocenters. The molecule has 0 aliphatic carbocycles. The van der Waals surface area contributed by atoms with Crippen LogP contribution in [-0.2, 0) is 0 Å². The van der Waals surface area contributed by atoms with Crippen molar-refractivity contribution in [1.29, 1.82) is 0 Å². The molecule has 2 heterocycles. The Balaban J connectivity index is 1.75. The number of methoxy groups -OCH3 is 1. The number of hydrogen-bond acceptors (Lipinski definition) is 6. The van der Waals surface area contributed by atoms with Crippen LogP contribution in [0.5, 0.6) is 5.75 Å². The highest BCUT2D eigenvalue weighted by atomic mass is 19.1. The van der Waals surface area contributed by atoms with E-state index in [0.29, 0.717) is 23.6 Å². The van der Waals surface area contributed by atoms with E-state index in [-0.39, 0.29) is 11.9 Å². The molecule has 7 heteroatoms. The summed E-state index contributed by atoms with van der Waals surface area (Å²) < 4.78 is 18.9. The number of rotatable bonds is 5. The first-order valence-corrected chi connectivity index (χ1v) is 9.38. The number of benzene rings is 2. The maximum absolute atomic E-state index is 13.3. The van der Waals surface area contributed by atoms with E-state index >= 15 is 0 Å². The van der Waals surface area contributed by atoms with Crippen molar-refractivity contribution in [3.63, 3.8) is 0 Å². The molecule has 0 bridgehead atoms. The van der Waals surface area contributed by atoms with Crippen LogP contribution >= 0.6 is 0 Å². The molecule has 6 nitrogen and oxygen atoms in total. The highest BCUT2D eigenvalue weighted by Crippen LogP contribution is 2.34. The van der Waals surface area contributed by atoms with Gasteiger partial charge in [-0.05, 0) is 55.3 Å². The van der Waals surface area contributed by atoms with E-state index in [9.17, 15) is 4.39 Å². The topological polar surface area (TPSA) is 71.4 Å². The minimum Gasteiger partial charge on any atom is -0.494 e. The fourth-order valence-corrected chi connectivity index (χ4v) is 3.31. The second-order valence-corrected chi connectivity index (χ2v) is 6.91. The summed E-state index contributed by atoms with van der Waals surface area (Å²) in [6, 6.07) is 10.2. The molecule has 0 saturated carbocycles. The Morgan fingerprint density at radius 2 is 1.93 bits per heavy atom. The highest BCUT2D eigenvalue weighted by molar-refractivity contribution is 5.98. The van der Waals surface area contributed by atoms with E-state index in [4.69, 9.17) is 4.74 Å². The van der Waals surface area contributed by atoms with E-state index in [2.05, 4.69) is 25.6 Å². The summed E-state index contributed by atoms with van der Waals surface area (Å²) >= 11 is 0. The molecule has 1 unspecified atom stereocenters. The van der Waals surface area contributed by atoms with Gasteiger partial charge in [0.25, 0.3) is 0 Å². The molecule has 0 spiro atoms. The van der Waals surface area contributed by atoms with Crippen molar-refractivity contribution in [1.82, 2.24) is 15.3 Å². The van der Waals surface area contributed by atoms with E-state index in [1.54, 1.807) is 19.2 Å². The van der Waals surface area contributed by atoms with Crippen LogP contribution in [0, 0.1) is 5.82 Å². The molecular formula is C22H22FN5O. The first-order valence-electron chi connectivity index (χ1n) is 9.38. The Kier molecular flexibility index (Phi) is 5.12. The number of aliphatic imine (C=N–C) groups is 1. The summed E-state index contributed by atoms with van der Waals surface area (Å²) in [6.45, 7) is 4.70. The van der Waals surface area contributed by atoms with Gasteiger partial charge in [-0.1, -0.05) is 12.1 Å². The predicted molar refractivity (Wildman–Crippen MR) is 114 cm³/mol. The van der Waals surface area contributed by atoms with Crippen molar-refractivity contribution in [3.8, 4) is 16.9 Å². The summed E-state index contributed by atoms with van der Waals surface area (Å²) in [5.74, 6) is 1.90. The molecule has 148 valence electrons. The first kappa shape index (κ1) is 18.9. The van der Waals surface area contributed by atoms with Crippen LogP contribution in [0.2, 0.25) is 0 Å². The zero-order chi connectivity index (χ0) is 20.4. The minimum absolute atomic E-state index is 0.0720. The van der Waals surface area contributed by atoms with Gasteiger partial charge >= 0.3 is 0 Å². The number of allylic oxidation sites excluding steroid dienone is 1. The summed E-state index contributed by atoms with van der Waals surface area (Å²) in [6.07, 6.45) is 3.55. The predicted octanol–water partition coefficient (Wildman–Crippen LogP) is 4.15. The fraction of sp³-hybridized carbons (Fsp3) is 0.227. The summed E-state index contributed by atoms with van der Waals surface area (Å²) in [4.78, 5) is 13.4. The number of anilines is 1. The van der Waals surface area contributed by atoms with Gasteiger partial charge in [0.05, 0.1) is 19.7 Å². The third-order valence-corrected chi connectivity index (χ3v) is 4.85. The molecular weight excluding hydrogens is 369 g/mol. The van der Waals surface area contributed by atoms with E-state index in [1.165, 1.54) is 18.5 Å². The molecule has 1 aliphatic heterocycles. The van der Waals surface area contributed by atoms with E-state index in [1.807, 2.05) is 32.1 Å². The van der Waals surface area contributed by atoms with Crippen molar-refractivity contribution in [2.75, 3.05) is 19.0 Å². The Hall–Kier alpha value is -3.48. The largest absolute Gasteiger partial charge is 0.494 e. The van der Waals surface area contributed by atoms with Crippen molar-refractivity contribution in [3.05, 3.63) is 60.3 Å². The summed E-state index contributed by atoms with van der Waals surface area (Å²) in [7, 11) is 1.61. The maximum atomic E-state index is 13.3. The quantitative estimate of drug-likeness (QED) is 0.684. The van der Waals surface area contributed by atoms with Gasteiger partial charge in [-0.25, -0.2) is 14.4 Å². The van der Waals surface area contributed by atoms with Crippen molar-refractivity contribution in [2.45, 2.75) is 19.9 Å². The molecule has 1 aliphatic rings. The molecule has 2 aromatic carbocycles. The number of amidine groups is 1. The number of ether oxygens (including phenoxy) is 1.